The zero-order valence-electron chi connectivity index (χ0n) is 20.2. The van der Waals surface area contributed by atoms with E-state index in [0.717, 1.165) is 6.42 Å². The Labute approximate surface area is 192 Å². The molecule has 2 aromatic carbocycles. The number of hydrogen-bond acceptors (Lipinski definition) is 0. The molecule has 2 aliphatic rings. The fraction of sp³-hybridized carbons (Fsp3) is 0.276. The predicted molar refractivity (Wildman–Crippen MR) is 138 cm³/mol. The van der Waals surface area contributed by atoms with Crippen LogP contribution >= 0.6 is 0 Å². The normalized spacial score (nSPS) is 17.0. The van der Waals surface area contributed by atoms with E-state index in [0.29, 0.717) is 5.92 Å². The zero-order chi connectivity index (χ0) is 22.6. The van der Waals surface area contributed by atoms with E-state index in [9.17, 15) is 0 Å². The molecule has 2 aliphatic heterocycles. The van der Waals surface area contributed by atoms with E-state index in [2.05, 4.69) is 123 Å². The highest BCUT2D eigenvalue weighted by Gasteiger charge is 2.53. The van der Waals surface area contributed by atoms with Gasteiger partial charge in [-0.1, -0.05) is 74.5 Å². The molecular formula is C29H33BN2. The third-order valence-electron chi connectivity index (χ3n) is 7.30. The number of fused-ring (bicyclic) bond motifs is 2. The summed E-state index contributed by atoms with van der Waals surface area (Å²) in [5, 5.41) is 0. The first-order valence-corrected chi connectivity index (χ1v) is 11.9. The van der Waals surface area contributed by atoms with Gasteiger partial charge in [-0.05, 0) is 50.4 Å². The molecule has 2 nitrogen and oxygen atoms in total. The second-order valence-electron chi connectivity index (χ2n) is 10.0. The fourth-order valence-corrected chi connectivity index (χ4v) is 6.43. The van der Waals surface area contributed by atoms with Crippen LogP contribution in [0.1, 0.15) is 51.1 Å². The van der Waals surface area contributed by atoms with Gasteiger partial charge >= 0.3 is 6.42 Å². The first-order chi connectivity index (χ1) is 15.4. The highest BCUT2D eigenvalue weighted by molar-refractivity contribution is 6.96. The van der Waals surface area contributed by atoms with Gasteiger partial charge in [0.05, 0.1) is 0 Å². The number of aryl methyl sites for hydroxylation is 2. The molecule has 3 heteroatoms. The van der Waals surface area contributed by atoms with E-state index in [1.54, 1.807) is 0 Å². The minimum Gasteiger partial charge on any atom is -0.450 e. The van der Waals surface area contributed by atoms with Crippen LogP contribution in [0, 0.1) is 19.8 Å². The summed E-state index contributed by atoms with van der Waals surface area (Å²) in [4.78, 5) is 0. The highest BCUT2D eigenvalue weighted by atomic mass is 15.2. The van der Waals surface area contributed by atoms with E-state index in [4.69, 9.17) is 0 Å². The molecule has 3 aromatic rings. The second-order valence-corrected chi connectivity index (χ2v) is 10.0. The van der Waals surface area contributed by atoms with E-state index in [1.165, 1.54) is 50.4 Å². The summed E-state index contributed by atoms with van der Waals surface area (Å²) in [5.41, 5.74) is 12.4. The fourth-order valence-electron chi connectivity index (χ4n) is 6.43. The standard InChI is InChI=1S/C29H33BN2/c1-20(2)17-27-28-21(3)18-23(5)31(28)30(25-13-9-7-10-14-25,26-15-11-8-12-16-26)32-24(6)19-22(4)29(27)32/h7-16,18-20H,17H2,1-6H3. The van der Waals surface area contributed by atoms with Crippen molar-refractivity contribution >= 4 is 28.6 Å². The molecule has 0 amide bonds. The van der Waals surface area contributed by atoms with Crippen LogP contribution < -0.4 is 10.9 Å². The number of aromatic nitrogens is 1. The second kappa shape index (κ2) is 7.51. The number of benzene rings is 2. The molecule has 0 radical (unpaired) electrons. The lowest BCUT2D eigenvalue weighted by Gasteiger charge is -2.46. The Kier molecular flexibility index (Phi) is 4.89. The van der Waals surface area contributed by atoms with Crippen molar-refractivity contribution in [2.75, 3.05) is 0 Å². The molecule has 0 fully saturated rings. The molecule has 0 aliphatic carbocycles. The molecule has 0 saturated heterocycles. The quantitative estimate of drug-likeness (QED) is 0.499. The van der Waals surface area contributed by atoms with Crippen LogP contribution in [-0.2, 0) is 0 Å². The molecule has 162 valence electrons. The van der Waals surface area contributed by atoms with Crippen molar-refractivity contribution in [2.24, 2.45) is 5.92 Å². The summed E-state index contributed by atoms with van der Waals surface area (Å²) in [7, 11) is 0. The smallest absolute Gasteiger partial charge is 0.434 e. The van der Waals surface area contributed by atoms with Crippen LogP contribution in [0.2, 0.25) is 0 Å². The maximum absolute atomic E-state index is 2.68. The van der Waals surface area contributed by atoms with Gasteiger partial charge in [-0.25, -0.2) is 0 Å². The van der Waals surface area contributed by atoms with Crippen LogP contribution in [0.3, 0.4) is 0 Å². The lowest BCUT2D eigenvalue weighted by atomic mass is 9.35. The van der Waals surface area contributed by atoms with E-state index in [-0.39, 0.29) is 0 Å². The van der Waals surface area contributed by atoms with Gasteiger partial charge in [0.2, 0.25) is 0 Å². The zero-order valence-corrected chi connectivity index (χ0v) is 20.2. The summed E-state index contributed by atoms with van der Waals surface area (Å²) in [6.45, 7) is 13.8. The third-order valence-corrected chi connectivity index (χ3v) is 7.30. The van der Waals surface area contributed by atoms with Gasteiger partial charge in [0.15, 0.2) is 5.70 Å². The first-order valence-electron chi connectivity index (χ1n) is 11.9. The van der Waals surface area contributed by atoms with Gasteiger partial charge in [0.25, 0.3) is 0 Å². The van der Waals surface area contributed by atoms with E-state index in [1.807, 2.05) is 0 Å². The Morgan fingerprint density at radius 1 is 0.844 bits per heavy atom. The Morgan fingerprint density at radius 2 is 1.41 bits per heavy atom. The van der Waals surface area contributed by atoms with Crippen LogP contribution in [0.25, 0.3) is 5.57 Å². The van der Waals surface area contributed by atoms with Gasteiger partial charge in [-0.2, -0.15) is 0 Å². The summed E-state index contributed by atoms with van der Waals surface area (Å²) < 4.78 is 5.36. The topological polar surface area (TPSA) is 7.94 Å². The monoisotopic (exact) mass is 420 g/mol. The highest BCUT2D eigenvalue weighted by Crippen LogP contribution is 2.42. The molecule has 0 saturated carbocycles. The molecule has 0 atom stereocenters. The van der Waals surface area contributed by atoms with Crippen molar-refractivity contribution in [3.8, 4) is 0 Å². The average Bonchev–Trinajstić information content (AvgIpc) is 3.25. The molecule has 0 spiro atoms. The molecule has 1 aromatic heterocycles. The predicted octanol–water partition coefficient (Wildman–Crippen LogP) is 5.41. The van der Waals surface area contributed by atoms with E-state index >= 15 is 0 Å². The van der Waals surface area contributed by atoms with Crippen molar-refractivity contribution in [1.82, 2.24) is 4.48 Å². The summed E-state index contributed by atoms with van der Waals surface area (Å²) in [6, 6.07) is 24.6. The summed E-state index contributed by atoms with van der Waals surface area (Å²) in [5.74, 6) is 0.588. The Hall–Kier alpha value is -3.07. The van der Waals surface area contributed by atoms with Crippen molar-refractivity contribution < 1.29 is 4.49 Å². The maximum atomic E-state index is 2.68. The number of hydrogen-bond donors (Lipinski definition) is 0. The molecule has 3 heterocycles. The third kappa shape index (κ3) is 2.77. The minimum absolute atomic E-state index is 0.588. The van der Waals surface area contributed by atoms with Crippen LogP contribution in [-0.4, -0.2) is 21.1 Å². The summed E-state index contributed by atoms with van der Waals surface area (Å²) in [6.07, 6.45) is 2.03. The van der Waals surface area contributed by atoms with Crippen LogP contribution in [0.5, 0.6) is 0 Å². The molecule has 0 N–H and O–H groups in total. The van der Waals surface area contributed by atoms with Crippen LogP contribution in [0.15, 0.2) is 84.1 Å². The maximum Gasteiger partial charge on any atom is 0.434 e. The lowest BCUT2D eigenvalue weighted by Crippen LogP contribution is -2.73. The average molecular weight is 420 g/mol. The number of allylic oxidation sites excluding steroid dienone is 3. The Bertz CT molecular complexity index is 1250. The molecule has 5 rings (SSSR count). The van der Waals surface area contributed by atoms with Crippen molar-refractivity contribution in [3.05, 3.63) is 101 Å². The minimum atomic E-state index is -1.43. The number of rotatable bonds is 4. The van der Waals surface area contributed by atoms with Crippen LogP contribution in [0.4, 0.5) is 0 Å². The van der Waals surface area contributed by atoms with Gasteiger partial charge in [0.1, 0.15) is 5.71 Å². The van der Waals surface area contributed by atoms with E-state index < -0.39 is 6.42 Å². The van der Waals surface area contributed by atoms with Crippen molar-refractivity contribution in [2.45, 2.75) is 48.0 Å². The first kappa shape index (κ1) is 20.8. The lowest BCUT2D eigenvalue weighted by molar-refractivity contribution is -0.330. The summed E-state index contributed by atoms with van der Waals surface area (Å²) >= 11 is 0. The SMILES string of the molecule is CC1=CC(C)=[N+]2C1=C(CC(C)C)c1c(C)cc(C)n1[B-]2(c1ccccc1)c1ccccc1. The largest absolute Gasteiger partial charge is 0.450 e. The van der Waals surface area contributed by atoms with Crippen molar-refractivity contribution in [1.29, 1.82) is 0 Å². The van der Waals surface area contributed by atoms with Gasteiger partial charge in [0, 0.05) is 29.8 Å². The Balaban J connectivity index is 2.02. The molecule has 0 bridgehead atoms. The number of nitrogens with zero attached hydrogens (tertiary/aromatic N) is 2. The van der Waals surface area contributed by atoms with Gasteiger partial charge < -0.3 is 8.96 Å². The molecule has 0 unspecified atom stereocenters. The van der Waals surface area contributed by atoms with Gasteiger partial charge in [-0.3, -0.25) is 0 Å². The Morgan fingerprint density at radius 3 is 1.94 bits per heavy atom. The van der Waals surface area contributed by atoms with Gasteiger partial charge in [-0.15, -0.1) is 10.9 Å². The van der Waals surface area contributed by atoms with Crippen molar-refractivity contribution in [3.63, 3.8) is 0 Å². The molecular weight excluding hydrogens is 387 g/mol. The molecule has 32 heavy (non-hydrogen) atoms.